The summed E-state index contributed by atoms with van der Waals surface area (Å²) in [4.78, 5) is 0. The van der Waals surface area contributed by atoms with Crippen LogP contribution >= 0.6 is 0 Å². The Hall–Kier alpha value is -0.120. The van der Waals surface area contributed by atoms with Crippen LogP contribution in [0.4, 0.5) is 0 Å². The van der Waals surface area contributed by atoms with Gasteiger partial charge in [0.2, 0.25) is 0 Å². The van der Waals surface area contributed by atoms with Gasteiger partial charge in [-0.1, -0.05) is 0 Å². The summed E-state index contributed by atoms with van der Waals surface area (Å²) < 4.78 is 4.97. The van der Waals surface area contributed by atoms with Crippen molar-refractivity contribution in [2.24, 2.45) is 0 Å². The summed E-state index contributed by atoms with van der Waals surface area (Å²) in [6, 6.07) is 0. The zero-order valence-corrected chi connectivity index (χ0v) is 7.49. The van der Waals surface area contributed by atoms with Crippen molar-refractivity contribution in [3.8, 4) is 0 Å². The van der Waals surface area contributed by atoms with Crippen molar-refractivity contribution in [1.29, 1.82) is 0 Å². The summed E-state index contributed by atoms with van der Waals surface area (Å²) in [5.74, 6) is 0. The van der Waals surface area contributed by atoms with E-state index in [0.717, 1.165) is 0 Å². The van der Waals surface area contributed by atoms with Crippen molar-refractivity contribution in [3.63, 3.8) is 0 Å². The molecule has 0 heterocycles. The molecule has 0 fully saturated rings. The minimum Gasteiger partial charge on any atom is -0.366 e. The molecule has 0 saturated heterocycles. The van der Waals surface area contributed by atoms with E-state index >= 15 is 0 Å². The van der Waals surface area contributed by atoms with Crippen molar-refractivity contribution in [2.75, 3.05) is 7.11 Å². The summed E-state index contributed by atoms with van der Waals surface area (Å²) in [7, 11) is 1.67. The van der Waals surface area contributed by atoms with Gasteiger partial charge in [-0.3, -0.25) is 5.43 Å². The Bertz CT molecular complexity index is 88.1. The molecule has 0 aromatic rings. The molecule has 1 unspecified atom stereocenters. The molecule has 0 aliphatic heterocycles. The fourth-order valence-corrected chi connectivity index (χ4v) is 0.377. The van der Waals surface area contributed by atoms with Gasteiger partial charge >= 0.3 is 0 Å². The van der Waals surface area contributed by atoms with Gasteiger partial charge in [0, 0.05) is 12.6 Å². The number of hydrazine groups is 1. The summed E-state index contributed by atoms with van der Waals surface area (Å²) in [6.45, 7) is 8.20. The molecule has 10 heavy (non-hydrogen) atoms. The van der Waals surface area contributed by atoms with E-state index in [0.29, 0.717) is 0 Å². The van der Waals surface area contributed by atoms with Gasteiger partial charge in [-0.25, -0.2) is 5.43 Å². The smallest absolute Gasteiger partial charge is 0.117 e. The number of hydrogen-bond acceptors (Lipinski definition) is 3. The third-order valence-corrected chi connectivity index (χ3v) is 1.00. The molecule has 0 amide bonds. The van der Waals surface area contributed by atoms with Gasteiger partial charge in [0.15, 0.2) is 0 Å². The van der Waals surface area contributed by atoms with E-state index in [1.54, 1.807) is 7.11 Å². The van der Waals surface area contributed by atoms with E-state index in [4.69, 9.17) is 4.74 Å². The van der Waals surface area contributed by atoms with Crippen molar-refractivity contribution >= 4 is 0 Å². The van der Waals surface area contributed by atoms with Crippen LogP contribution in [-0.4, -0.2) is 18.9 Å². The molecule has 0 aromatic carbocycles. The average molecular weight is 146 g/mol. The lowest BCUT2D eigenvalue weighted by Crippen LogP contribution is -2.50. The number of methoxy groups -OCH3 is 1. The first-order valence-corrected chi connectivity index (χ1v) is 3.51. The first-order chi connectivity index (χ1) is 4.45. The van der Waals surface area contributed by atoms with Crippen molar-refractivity contribution < 1.29 is 4.74 Å². The Labute approximate surface area is 63.1 Å². The normalized spacial score (nSPS) is 15.3. The van der Waals surface area contributed by atoms with Crippen LogP contribution in [0.3, 0.4) is 0 Å². The highest BCUT2D eigenvalue weighted by Crippen LogP contribution is 1.95. The second-order valence-corrected chi connectivity index (χ2v) is 3.40. The fourth-order valence-electron chi connectivity index (χ4n) is 0.377. The maximum atomic E-state index is 4.97. The number of hydrogen-bond donors (Lipinski definition) is 2. The molecule has 1 atom stereocenters. The number of ether oxygens (including phenoxy) is 1. The molecule has 0 radical (unpaired) electrons. The highest BCUT2D eigenvalue weighted by atomic mass is 16.5. The van der Waals surface area contributed by atoms with E-state index < -0.39 is 0 Å². The van der Waals surface area contributed by atoms with Crippen molar-refractivity contribution in [2.45, 2.75) is 39.5 Å². The Morgan fingerprint density at radius 3 is 2.10 bits per heavy atom. The summed E-state index contributed by atoms with van der Waals surface area (Å²) in [5, 5.41) is 0. The Morgan fingerprint density at radius 2 is 1.80 bits per heavy atom. The zero-order chi connectivity index (χ0) is 8.20. The first kappa shape index (κ1) is 9.88. The van der Waals surface area contributed by atoms with Crippen LogP contribution in [0.25, 0.3) is 0 Å². The summed E-state index contributed by atoms with van der Waals surface area (Å²) >= 11 is 0. The number of nitrogens with one attached hydrogen (secondary N) is 2. The van der Waals surface area contributed by atoms with Crippen LogP contribution in [0.2, 0.25) is 0 Å². The van der Waals surface area contributed by atoms with Gasteiger partial charge in [0.1, 0.15) is 6.23 Å². The van der Waals surface area contributed by atoms with Crippen LogP contribution in [0.5, 0.6) is 0 Å². The van der Waals surface area contributed by atoms with Crippen LogP contribution in [0.15, 0.2) is 0 Å². The van der Waals surface area contributed by atoms with E-state index in [-0.39, 0.29) is 11.8 Å². The maximum Gasteiger partial charge on any atom is 0.117 e. The number of rotatable bonds is 3. The van der Waals surface area contributed by atoms with Gasteiger partial charge < -0.3 is 4.74 Å². The van der Waals surface area contributed by atoms with Crippen LogP contribution in [-0.2, 0) is 4.74 Å². The largest absolute Gasteiger partial charge is 0.366 e. The Balaban J connectivity index is 3.36. The van der Waals surface area contributed by atoms with Gasteiger partial charge in [0.25, 0.3) is 0 Å². The summed E-state index contributed by atoms with van der Waals surface area (Å²) in [5.41, 5.74) is 6.19. The molecule has 3 heteroatoms. The minimum atomic E-state index is 0.0548. The molecule has 0 aliphatic rings. The van der Waals surface area contributed by atoms with E-state index in [9.17, 15) is 0 Å². The Morgan fingerprint density at radius 1 is 1.30 bits per heavy atom. The van der Waals surface area contributed by atoms with Gasteiger partial charge in [-0.2, -0.15) is 0 Å². The van der Waals surface area contributed by atoms with Gasteiger partial charge in [-0.05, 0) is 27.7 Å². The third kappa shape index (κ3) is 6.01. The SMILES string of the molecule is COC(C)NNC(C)(C)C. The Kier molecular flexibility index (Phi) is 3.86. The van der Waals surface area contributed by atoms with Gasteiger partial charge in [0.05, 0.1) is 0 Å². The molecule has 0 rings (SSSR count). The predicted octanol–water partition coefficient (Wildman–Crippen LogP) is 0.871. The zero-order valence-electron chi connectivity index (χ0n) is 7.49. The molecule has 62 valence electrons. The molecule has 0 aromatic heterocycles. The third-order valence-electron chi connectivity index (χ3n) is 1.00. The lowest BCUT2D eigenvalue weighted by Gasteiger charge is -2.23. The van der Waals surface area contributed by atoms with E-state index in [1.165, 1.54) is 0 Å². The lowest BCUT2D eigenvalue weighted by atomic mass is 10.1. The summed E-state index contributed by atoms with van der Waals surface area (Å²) in [6.07, 6.45) is 0.0548. The predicted molar refractivity (Wildman–Crippen MR) is 42.5 cm³/mol. The molecule has 3 nitrogen and oxygen atoms in total. The van der Waals surface area contributed by atoms with E-state index in [1.807, 2.05) is 6.92 Å². The first-order valence-electron chi connectivity index (χ1n) is 3.51. The van der Waals surface area contributed by atoms with Crippen LogP contribution < -0.4 is 10.9 Å². The highest BCUT2D eigenvalue weighted by Gasteiger charge is 2.08. The molecule has 0 saturated carbocycles. The molecule has 0 aliphatic carbocycles. The van der Waals surface area contributed by atoms with Crippen LogP contribution in [0.1, 0.15) is 27.7 Å². The molecule has 2 N–H and O–H groups in total. The molecule has 0 spiro atoms. The second-order valence-electron chi connectivity index (χ2n) is 3.40. The highest BCUT2D eigenvalue weighted by molar-refractivity contribution is 4.66. The van der Waals surface area contributed by atoms with Crippen LogP contribution in [0, 0.1) is 0 Å². The fraction of sp³-hybridized carbons (Fsp3) is 1.00. The van der Waals surface area contributed by atoms with E-state index in [2.05, 4.69) is 31.6 Å². The minimum absolute atomic E-state index is 0.0548. The quantitative estimate of drug-likeness (QED) is 0.458. The lowest BCUT2D eigenvalue weighted by molar-refractivity contribution is 0.0654. The average Bonchev–Trinajstić information content (AvgIpc) is 1.81. The van der Waals surface area contributed by atoms with Crippen molar-refractivity contribution in [3.05, 3.63) is 0 Å². The van der Waals surface area contributed by atoms with Crippen molar-refractivity contribution in [1.82, 2.24) is 10.9 Å². The molecular weight excluding hydrogens is 128 g/mol. The maximum absolute atomic E-state index is 4.97. The standard InChI is InChI=1S/C7H18N2O/c1-6(10-5)8-9-7(2,3)4/h6,8-9H,1-5H3. The monoisotopic (exact) mass is 146 g/mol. The van der Waals surface area contributed by atoms with Gasteiger partial charge in [-0.15, -0.1) is 0 Å². The topological polar surface area (TPSA) is 33.3 Å². The molecule has 0 bridgehead atoms. The second kappa shape index (κ2) is 3.91. The molecular formula is C7H18N2O.